The molecule has 2 unspecified atom stereocenters. The van der Waals surface area contributed by atoms with Gasteiger partial charge in [0, 0.05) is 19.4 Å². The monoisotopic (exact) mass is 662 g/mol. The maximum Gasteiger partial charge on any atom is 0.306 e. The average molecular weight is 663 g/mol. The summed E-state index contributed by atoms with van der Waals surface area (Å²) in [4.78, 5) is 36.7. The third kappa shape index (κ3) is 31.4. The van der Waals surface area contributed by atoms with Crippen molar-refractivity contribution in [3.8, 4) is 0 Å². The first kappa shape index (κ1) is 44.0. The van der Waals surface area contributed by atoms with Crippen LogP contribution in [-0.4, -0.2) is 44.4 Å². The fraction of sp³-hybridized carbons (Fsp3) is 0.943. The van der Waals surface area contributed by atoms with E-state index in [1.165, 1.54) is 96.3 Å². The zero-order valence-corrected chi connectivity index (χ0v) is 30.1. The van der Waals surface area contributed by atoms with Gasteiger partial charge in [-0.25, -0.2) is 0 Å². The van der Waals surface area contributed by atoms with E-state index in [2.05, 4.69) is 25.3 Å². The number of phosphoric ester groups is 1. The molecule has 0 aliphatic heterocycles. The summed E-state index contributed by atoms with van der Waals surface area (Å²) in [5.74, 6) is -0.0330. The minimum absolute atomic E-state index is 0.0169. The third-order valence-corrected chi connectivity index (χ3v) is 9.24. The molecular formula is C35H69NO8P-. The smallest absolute Gasteiger partial charge is 0.306 e. The van der Waals surface area contributed by atoms with Gasteiger partial charge in [-0.1, -0.05) is 149 Å². The SMILES string of the molecule is CCCCCCCCCCCCCCC(=O)O[C@@H](COC(=O)CCCCCCCCCCC(C)CC)COP(=O)([O-])OCCN. The molecule has 45 heavy (non-hydrogen) atoms. The maximum absolute atomic E-state index is 12.5. The molecule has 2 N–H and O–H groups in total. The van der Waals surface area contributed by atoms with Crippen molar-refractivity contribution < 1.29 is 37.6 Å². The molecule has 0 rings (SSSR count). The second-order valence-electron chi connectivity index (χ2n) is 12.7. The summed E-state index contributed by atoms with van der Waals surface area (Å²) in [6.45, 7) is 5.85. The lowest BCUT2D eigenvalue weighted by Crippen LogP contribution is -2.30. The van der Waals surface area contributed by atoms with Crippen molar-refractivity contribution in [1.82, 2.24) is 0 Å². The minimum atomic E-state index is -4.61. The highest BCUT2D eigenvalue weighted by molar-refractivity contribution is 7.45. The lowest BCUT2D eigenvalue weighted by Gasteiger charge is -2.25. The van der Waals surface area contributed by atoms with E-state index in [1.54, 1.807) is 0 Å². The second kappa shape index (κ2) is 31.6. The third-order valence-electron chi connectivity index (χ3n) is 8.27. The van der Waals surface area contributed by atoms with Crippen molar-refractivity contribution in [3.63, 3.8) is 0 Å². The summed E-state index contributed by atoms with van der Waals surface area (Å²) in [7, 11) is -4.61. The molecule has 3 atom stereocenters. The van der Waals surface area contributed by atoms with Crippen LogP contribution in [-0.2, 0) is 32.7 Å². The molecule has 0 radical (unpaired) electrons. The fourth-order valence-corrected chi connectivity index (χ4v) is 5.88. The zero-order valence-electron chi connectivity index (χ0n) is 29.2. The standard InChI is InChI=1S/C35H70NO8P/c1-4-6-7-8-9-10-11-12-13-18-21-24-27-35(38)44-33(31-43-45(39,40)42-29-28-36)30-41-34(37)26-23-20-17-15-14-16-19-22-25-32(3)5-2/h32-33H,4-31,36H2,1-3H3,(H,39,40)/p-1/t32?,33-/m0/s1. The van der Waals surface area contributed by atoms with E-state index in [1.807, 2.05) is 0 Å². The van der Waals surface area contributed by atoms with E-state index in [0.717, 1.165) is 44.4 Å². The largest absolute Gasteiger partial charge is 0.756 e. The topological polar surface area (TPSA) is 137 Å². The Morgan fingerprint density at radius 3 is 1.62 bits per heavy atom. The molecule has 10 heteroatoms. The maximum atomic E-state index is 12.5. The average Bonchev–Trinajstić information content (AvgIpc) is 3.02. The Morgan fingerprint density at radius 1 is 0.667 bits per heavy atom. The summed E-state index contributed by atoms with van der Waals surface area (Å²) in [6, 6.07) is 0. The Balaban J connectivity index is 4.24. The van der Waals surface area contributed by atoms with Crippen molar-refractivity contribution in [2.45, 2.75) is 181 Å². The van der Waals surface area contributed by atoms with Gasteiger partial charge in [-0.15, -0.1) is 0 Å². The zero-order chi connectivity index (χ0) is 33.4. The lowest BCUT2D eigenvalue weighted by atomic mass is 9.99. The molecule has 0 bridgehead atoms. The van der Waals surface area contributed by atoms with Crippen molar-refractivity contribution in [2.75, 3.05) is 26.4 Å². The van der Waals surface area contributed by atoms with Crippen LogP contribution in [0, 0.1) is 5.92 Å². The predicted molar refractivity (Wildman–Crippen MR) is 181 cm³/mol. The van der Waals surface area contributed by atoms with E-state index in [9.17, 15) is 19.0 Å². The molecule has 0 aromatic rings. The highest BCUT2D eigenvalue weighted by Gasteiger charge is 2.21. The molecule has 0 fully saturated rings. The van der Waals surface area contributed by atoms with Crippen molar-refractivity contribution in [2.24, 2.45) is 11.7 Å². The van der Waals surface area contributed by atoms with Crippen LogP contribution < -0.4 is 10.6 Å². The van der Waals surface area contributed by atoms with Gasteiger partial charge in [0.05, 0.1) is 13.2 Å². The molecule has 0 aliphatic rings. The van der Waals surface area contributed by atoms with Crippen molar-refractivity contribution in [1.29, 1.82) is 0 Å². The predicted octanol–water partition coefficient (Wildman–Crippen LogP) is 8.94. The van der Waals surface area contributed by atoms with Crippen molar-refractivity contribution >= 4 is 19.8 Å². The molecule has 0 saturated carbocycles. The van der Waals surface area contributed by atoms with Crippen LogP contribution in [0.25, 0.3) is 0 Å². The normalized spacial score (nSPS) is 14.2. The lowest BCUT2D eigenvalue weighted by molar-refractivity contribution is -0.228. The summed E-state index contributed by atoms with van der Waals surface area (Å²) in [5, 5.41) is 0. The van der Waals surface area contributed by atoms with Gasteiger partial charge in [0.15, 0.2) is 6.10 Å². The van der Waals surface area contributed by atoms with Crippen LogP contribution in [0.4, 0.5) is 0 Å². The molecule has 0 amide bonds. The first-order valence-electron chi connectivity index (χ1n) is 18.4. The van der Waals surface area contributed by atoms with Gasteiger partial charge < -0.3 is 29.1 Å². The molecule has 268 valence electrons. The van der Waals surface area contributed by atoms with Gasteiger partial charge in [0.25, 0.3) is 7.82 Å². The first-order chi connectivity index (χ1) is 21.7. The number of carbonyl (C=O) groups excluding carboxylic acids is 2. The molecule has 0 aromatic heterocycles. The molecule has 0 heterocycles. The van der Waals surface area contributed by atoms with E-state index >= 15 is 0 Å². The number of esters is 2. The highest BCUT2D eigenvalue weighted by Crippen LogP contribution is 2.38. The molecule has 0 aromatic carbocycles. The summed E-state index contributed by atoms with van der Waals surface area (Å²) in [6.07, 6.45) is 25.4. The Morgan fingerprint density at radius 2 is 1.13 bits per heavy atom. The molecular weight excluding hydrogens is 593 g/mol. The summed E-state index contributed by atoms with van der Waals surface area (Å²) < 4.78 is 32.2. The number of unbranched alkanes of at least 4 members (excludes halogenated alkanes) is 18. The van der Waals surface area contributed by atoms with E-state index < -0.39 is 32.5 Å². The Hall–Kier alpha value is -0.990. The molecule has 0 spiro atoms. The summed E-state index contributed by atoms with van der Waals surface area (Å²) >= 11 is 0. The minimum Gasteiger partial charge on any atom is -0.756 e. The van der Waals surface area contributed by atoms with Crippen molar-refractivity contribution in [3.05, 3.63) is 0 Å². The van der Waals surface area contributed by atoms with Crippen LogP contribution in [0.3, 0.4) is 0 Å². The van der Waals surface area contributed by atoms with E-state index in [4.69, 9.17) is 19.7 Å². The molecule has 0 saturated heterocycles. The van der Waals surface area contributed by atoms with Gasteiger partial charge in [0.2, 0.25) is 0 Å². The van der Waals surface area contributed by atoms with Gasteiger partial charge in [-0.05, 0) is 18.8 Å². The Labute approximate surface area is 276 Å². The van der Waals surface area contributed by atoms with Gasteiger partial charge >= 0.3 is 11.9 Å². The second-order valence-corrected chi connectivity index (χ2v) is 14.1. The first-order valence-corrected chi connectivity index (χ1v) is 19.8. The number of phosphoric acid groups is 1. The molecule has 9 nitrogen and oxygen atoms in total. The number of ether oxygens (including phenoxy) is 2. The number of hydrogen-bond acceptors (Lipinski definition) is 9. The van der Waals surface area contributed by atoms with Crippen LogP contribution >= 0.6 is 7.82 Å². The number of carbonyl (C=O) groups is 2. The highest BCUT2D eigenvalue weighted by atomic mass is 31.2. The van der Waals surface area contributed by atoms with Crippen LogP contribution in [0.1, 0.15) is 175 Å². The van der Waals surface area contributed by atoms with E-state index in [-0.39, 0.29) is 32.6 Å². The van der Waals surface area contributed by atoms with E-state index in [0.29, 0.717) is 6.42 Å². The molecule has 0 aliphatic carbocycles. The summed E-state index contributed by atoms with van der Waals surface area (Å²) in [5.41, 5.74) is 5.29. The van der Waals surface area contributed by atoms with Gasteiger partial charge in [-0.3, -0.25) is 14.2 Å². The number of hydrogen-bond donors (Lipinski definition) is 1. The van der Waals surface area contributed by atoms with Crippen LogP contribution in [0.5, 0.6) is 0 Å². The van der Waals surface area contributed by atoms with Gasteiger partial charge in [-0.2, -0.15) is 0 Å². The quantitative estimate of drug-likeness (QED) is 0.0406. The van der Waals surface area contributed by atoms with Gasteiger partial charge in [0.1, 0.15) is 6.61 Å². The Kier molecular flexibility index (Phi) is 30.9. The number of rotatable bonds is 34. The van der Waals surface area contributed by atoms with Crippen LogP contribution in [0.2, 0.25) is 0 Å². The Bertz CT molecular complexity index is 738. The van der Waals surface area contributed by atoms with Crippen LogP contribution in [0.15, 0.2) is 0 Å². The number of nitrogens with two attached hydrogens (primary N) is 1. The fourth-order valence-electron chi connectivity index (χ4n) is 5.13.